The quantitative estimate of drug-likeness (QED) is 0.745. The lowest BCUT2D eigenvalue weighted by atomic mass is 9.84. The van der Waals surface area contributed by atoms with Gasteiger partial charge in [-0.15, -0.1) is 11.6 Å². The number of rotatable bonds is 2. The first-order valence-corrected chi connectivity index (χ1v) is 8.86. The van der Waals surface area contributed by atoms with Gasteiger partial charge in [-0.2, -0.15) is 0 Å². The number of nitrogens with zero attached hydrogens (tertiary/aromatic N) is 1. The van der Waals surface area contributed by atoms with Gasteiger partial charge in [0, 0.05) is 41.5 Å². The van der Waals surface area contributed by atoms with Gasteiger partial charge >= 0.3 is 0 Å². The third-order valence-electron chi connectivity index (χ3n) is 5.07. The number of likely N-dealkylation sites (N-methyl/N-ethyl adjacent to an activating group) is 1. The van der Waals surface area contributed by atoms with E-state index in [0.717, 1.165) is 29.5 Å². The fourth-order valence-corrected chi connectivity index (χ4v) is 3.84. The molecule has 0 saturated carbocycles. The molecule has 0 unspecified atom stereocenters. The molecule has 2 atom stereocenters. The average Bonchev–Trinajstić information content (AvgIpc) is 2.85. The normalized spacial score (nSPS) is 19.2. The van der Waals surface area contributed by atoms with Crippen molar-refractivity contribution in [2.75, 3.05) is 18.0 Å². The Kier molecular flexibility index (Phi) is 4.00. The van der Waals surface area contributed by atoms with E-state index in [1.54, 1.807) is 0 Å². The number of hydrogen-bond donors (Lipinski definition) is 1. The summed E-state index contributed by atoms with van der Waals surface area (Å²) < 4.78 is 0. The molecule has 0 spiro atoms. The molecule has 3 heteroatoms. The van der Waals surface area contributed by atoms with Gasteiger partial charge in [-0.25, -0.2) is 0 Å². The van der Waals surface area contributed by atoms with E-state index in [4.69, 9.17) is 11.6 Å². The van der Waals surface area contributed by atoms with Crippen LogP contribution in [0.25, 0.3) is 10.8 Å². The van der Waals surface area contributed by atoms with Crippen LogP contribution in [0.15, 0.2) is 24.3 Å². The maximum atomic E-state index is 10.5. The molecule has 0 saturated heterocycles. The highest BCUT2D eigenvalue weighted by Crippen LogP contribution is 2.47. The molecule has 23 heavy (non-hydrogen) atoms. The first kappa shape index (κ1) is 16.4. The van der Waals surface area contributed by atoms with Gasteiger partial charge in [-0.05, 0) is 35.8 Å². The first-order chi connectivity index (χ1) is 10.7. The molecule has 1 aliphatic heterocycles. The molecule has 3 rings (SSSR count). The van der Waals surface area contributed by atoms with Gasteiger partial charge in [-0.1, -0.05) is 39.0 Å². The lowest BCUT2D eigenvalue weighted by Gasteiger charge is -2.22. The molecule has 1 heterocycles. The largest absolute Gasteiger partial charge is 0.507 e. The summed E-state index contributed by atoms with van der Waals surface area (Å²) in [6.45, 7) is 12.7. The Labute approximate surface area is 144 Å². The zero-order chi connectivity index (χ0) is 16.9. The van der Waals surface area contributed by atoms with Crippen LogP contribution in [0.5, 0.6) is 5.75 Å². The molecule has 0 fully saturated rings. The van der Waals surface area contributed by atoms with Crippen LogP contribution >= 0.6 is 11.6 Å². The van der Waals surface area contributed by atoms with E-state index in [0.29, 0.717) is 11.7 Å². The van der Waals surface area contributed by atoms with Crippen LogP contribution in [0, 0.1) is 0 Å². The Balaban J connectivity index is 2.33. The Morgan fingerprint density at radius 2 is 1.96 bits per heavy atom. The fraction of sp³-hybridized carbons (Fsp3) is 0.500. The second kappa shape index (κ2) is 5.59. The summed E-state index contributed by atoms with van der Waals surface area (Å²) in [6.07, 6.45) is 0. The number of anilines is 1. The van der Waals surface area contributed by atoms with Gasteiger partial charge in [0.15, 0.2) is 0 Å². The standard InChI is InChI=1S/C20H26ClNO/c1-6-22-11-16(12(2)21)19-15-9-13(20(3,4)5)7-8-14(15)18(23)10-17(19)22/h7-10,12,16,23H,6,11H2,1-5H3/t12-,16+/m1/s1. The van der Waals surface area contributed by atoms with Gasteiger partial charge in [0.2, 0.25) is 0 Å². The van der Waals surface area contributed by atoms with Gasteiger partial charge < -0.3 is 10.0 Å². The number of aromatic hydroxyl groups is 1. The van der Waals surface area contributed by atoms with Crippen LogP contribution < -0.4 is 4.90 Å². The summed E-state index contributed by atoms with van der Waals surface area (Å²) in [5.41, 5.74) is 3.81. The monoisotopic (exact) mass is 331 g/mol. The van der Waals surface area contributed by atoms with Crippen molar-refractivity contribution in [1.29, 1.82) is 0 Å². The molecule has 0 aromatic heterocycles. The van der Waals surface area contributed by atoms with Crippen LogP contribution in [-0.2, 0) is 5.41 Å². The third-order valence-corrected chi connectivity index (χ3v) is 5.37. The van der Waals surface area contributed by atoms with Gasteiger partial charge in [0.25, 0.3) is 0 Å². The molecule has 2 aromatic carbocycles. The van der Waals surface area contributed by atoms with Crippen molar-refractivity contribution < 1.29 is 5.11 Å². The zero-order valence-corrected chi connectivity index (χ0v) is 15.4. The summed E-state index contributed by atoms with van der Waals surface area (Å²) >= 11 is 6.51. The van der Waals surface area contributed by atoms with E-state index < -0.39 is 0 Å². The first-order valence-electron chi connectivity index (χ1n) is 8.43. The van der Waals surface area contributed by atoms with Crippen molar-refractivity contribution in [3.63, 3.8) is 0 Å². The molecular weight excluding hydrogens is 306 g/mol. The summed E-state index contributed by atoms with van der Waals surface area (Å²) in [5, 5.41) is 12.7. The number of halogens is 1. The highest BCUT2D eigenvalue weighted by Gasteiger charge is 2.33. The fourth-order valence-electron chi connectivity index (χ4n) is 3.63. The SMILES string of the molecule is CCN1C[C@@H]([C@@H](C)Cl)c2c1cc(O)c1ccc(C(C)(C)C)cc21. The Hall–Kier alpha value is -1.41. The highest BCUT2D eigenvalue weighted by molar-refractivity contribution is 6.21. The summed E-state index contributed by atoms with van der Waals surface area (Å²) in [4.78, 5) is 2.32. The average molecular weight is 332 g/mol. The Morgan fingerprint density at radius 3 is 2.52 bits per heavy atom. The molecular formula is C20H26ClNO. The van der Waals surface area contributed by atoms with E-state index >= 15 is 0 Å². The van der Waals surface area contributed by atoms with Crippen molar-refractivity contribution in [2.24, 2.45) is 0 Å². The summed E-state index contributed by atoms with van der Waals surface area (Å²) in [7, 11) is 0. The minimum absolute atomic E-state index is 0.0661. The maximum absolute atomic E-state index is 10.5. The number of fused-ring (bicyclic) bond motifs is 3. The van der Waals surface area contributed by atoms with Crippen molar-refractivity contribution >= 4 is 28.1 Å². The Bertz CT molecular complexity index is 745. The molecule has 2 nitrogen and oxygen atoms in total. The molecule has 2 aromatic rings. The van der Waals surface area contributed by atoms with Crippen LogP contribution in [0.1, 0.15) is 51.7 Å². The predicted octanol–water partition coefficient (Wildman–Crippen LogP) is 5.39. The highest BCUT2D eigenvalue weighted by atomic mass is 35.5. The van der Waals surface area contributed by atoms with Crippen LogP contribution in [-0.4, -0.2) is 23.6 Å². The van der Waals surface area contributed by atoms with Crippen LogP contribution in [0.2, 0.25) is 0 Å². The lowest BCUT2D eigenvalue weighted by Crippen LogP contribution is -2.23. The second-order valence-electron chi connectivity index (χ2n) is 7.66. The molecule has 124 valence electrons. The summed E-state index contributed by atoms with van der Waals surface area (Å²) in [6, 6.07) is 8.34. The molecule has 0 amide bonds. The summed E-state index contributed by atoms with van der Waals surface area (Å²) in [5.74, 6) is 0.658. The second-order valence-corrected chi connectivity index (χ2v) is 8.35. The van der Waals surface area contributed by atoms with Gasteiger partial charge in [-0.3, -0.25) is 0 Å². The maximum Gasteiger partial charge on any atom is 0.125 e. The number of alkyl halides is 1. The van der Waals surface area contributed by atoms with Gasteiger partial charge in [0.1, 0.15) is 5.75 Å². The minimum Gasteiger partial charge on any atom is -0.507 e. The van der Waals surface area contributed by atoms with Crippen LogP contribution in [0.4, 0.5) is 5.69 Å². The molecule has 1 N–H and O–H groups in total. The van der Waals surface area contributed by atoms with E-state index in [9.17, 15) is 5.11 Å². The van der Waals surface area contributed by atoms with E-state index in [-0.39, 0.29) is 10.8 Å². The number of hydrogen-bond acceptors (Lipinski definition) is 2. The molecule has 0 aliphatic carbocycles. The number of phenolic OH excluding ortho intramolecular Hbond substituents is 1. The lowest BCUT2D eigenvalue weighted by molar-refractivity contribution is 0.481. The Morgan fingerprint density at radius 1 is 1.26 bits per heavy atom. The number of phenols is 1. The molecule has 0 radical (unpaired) electrons. The van der Waals surface area contributed by atoms with E-state index in [2.05, 4.69) is 57.7 Å². The minimum atomic E-state index is 0.0661. The topological polar surface area (TPSA) is 23.5 Å². The van der Waals surface area contributed by atoms with E-state index in [1.165, 1.54) is 11.1 Å². The van der Waals surface area contributed by atoms with E-state index in [1.807, 2.05) is 6.07 Å². The van der Waals surface area contributed by atoms with Crippen LogP contribution in [0.3, 0.4) is 0 Å². The van der Waals surface area contributed by atoms with Gasteiger partial charge in [0.05, 0.1) is 0 Å². The zero-order valence-electron chi connectivity index (χ0n) is 14.7. The number of benzene rings is 2. The van der Waals surface area contributed by atoms with Crippen molar-refractivity contribution in [3.05, 3.63) is 35.4 Å². The van der Waals surface area contributed by atoms with Crippen molar-refractivity contribution in [3.8, 4) is 5.75 Å². The molecule has 1 aliphatic rings. The molecule has 0 bridgehead atoms. The third kappa shape index (κ3) is 2.67. The van der Waals surface area contributed by atoms with Crippen molar-refractivity contribution in [1.82, 2.24) is 0 Å². The smallest absolute Gasteiger partial charge is 0.125 e. The predicted molar refractivity (Wildman–Crippen MR) is 100 cm³/mol. The van der Waals surface area contributed by atoms with Crippen molar-refractivity contribution in [2.45, 2.75) is 51.3 Å².